The molecule has 0 spiro atoms. The van der Waals surface area contributed by atoms with Crippen molar-refractivity contribution < 1.29 is 14.5 Å². The molecule has 0 bridgehead atoms. The summed E-state index contributed by atoms with van der Waals surface area (Å²) in [6.07, 6.45) is 1.64. The highest BCUT2D eigenvalue weighted by Gasteiger charge is 2.32. The lowest BCUT2D eigenvalue weighted by atomic mass is 10.1. The van der Waals surface area contributed by atoms with Crippen LogP contribution in [0.3, 0.4) is 0 Å². The molecule has 0 radical (unpaired) electrons. The van der Waals surface area contributed by atoms with Crippen LogP contribution in [0.25, 0.3) is 11.8 Å². The van der Waals surface area contributed by atoms with Crippen LogP contribution >= 0.6 is 0 Å². The Morgan fingerprint density at radius 2 is 1.55 bits per heavy atom. The van der Waals surface area contributed by atoms with Crippen molar-refractivity contribution in [2.24, 2.45) is 0 Å². The van der Waals surface area contributed by atoms with Crippen molar-refractivity contribution in [3.63, 3.8) is 0 Å². The second kappa shape index (κ2) is 6.67. The molecule has 1 heterocycles. The Bertz CT molecular complexity index is 1210. The fourth-order valence-corrected chi connectivity index (χ4v) is 3.87. The molecule has 0 aliphatic heterocycles. The number of Topliss-reactive ketones (excluding diaryl/α,β-unsaturated/α-hetero) is 2. The van der Waals surface area contributed by atoms with Crippen molar-refractivity contribution in [1.82, 2.24) is 4.57 Å². The summed E-state index contributed by atoms with van der Waals surface area (Å²) < 4.78 is 1.97. The zero-order valence-corrected chi connectivity index (χ0v) is 16.2. The lowest BCUT2D eigenvalue weighted by molar-refractivity contribution is -0.384. The van der Waals surface area contributed by atoms with E-state index < -0.39 is 4.92 Å². The van der Waals surface area contributed by atoms with Gasteiger partial charge < -0.3 is 4.57 Å². The van der Waals surface area contributed by atoms with Crippen LogP contribution in [0.4, 0.5) is 5.69 Å². The molecule has 0 saturated heterocycles. The largest absolute Gasteiger partial charge is 0.318 e. The summed E-state index contributed by atoms with van der Waals surface area (Å²) in [5, 5.41) is 11.0. The number of aryl methyl sites for hydroxylation is 2. The van der Waals surface area contributed by atoms with Crippen LogP contribution < -0.4 is 0 Å². The molecule has 0 N–H and O–H groups in total. The third kappa shape index (κ3) is 2.89. The second-order valence-electron chi connectivity index (χ2n) is 7.15. The Kier molecular flexibility index (Phi) is 4.27. The van der Waals surface area contributed by atoms with Gasteiger partial charge in [-0.2, -0.15) is 0 Å². The van der Waals surface area contributed by atoms with Gasteiger partial charge in [0.25, 0.3) is 5.69 Å². The first-order valence-corrected chi connectivity index (χ1v) is 9.14. The first-order chi connectivity index (χ1) is 13.8. The maximum Gasteiger partial charge on any atom is 0.269 e. The number of fused-ring (bicyclic) bond motifs is 1. The summed E-state index contributed by atoms with van der Waals surface area (Å²) in [6.45, 7) is 5.64. The van der Waals surface area contributed by atoms with Crippen LogP contribution in [0.15, 0.2) is 54.1 Å². The summed E-state index contributed by atoms with van der Waals surface area (Å²) in [5.74, 6) is -0.524. The van der Waals surface area contributed by atoms with Crippen LogP contribution in [-0.2, 0) is 0 Å². The van der Waals surface area contributed by atoms with Gasteiger partial charge in [-0.05, 0) is 50.1 Å². The fraction of sp³-hybridized carbons (Fsp3) is 0.130. The number of carbonyl (C=O) groups is 2. The molecule has 144 valence electrons. The van der Waals surface area contributed by atoms with Gasteiger partial charge in [0, 0.05) is 40.3 Å². The minimum absolute atomic E-state index is 0.0379. The van der Waals surface area contributed by atoms with E-state index in [0.717, 1.165) is 28.2 Å². The Balaban J connectivity index is 1.80. The fourth-order valence-electron chi connectivity index (χ4n) is 3.87. The summed E-state index contributed by atoms with van der Waals surface area (Å²) in [6, 6.07) is 13.5. The zero-order valence-electron chi connectivity index (χ0n) is 16.2. The van der Waals surface area contributed by atoms with Crippen LogP contribution in [0, 0.1) is 30.9 Å². The van der Waals surface area contributed by atoms with Crippen molar-refractivity contribution in [2.45, 2.75) is 20.8 Å². The van der Waals surface area contributed by atoms with Crippen molar-refractivity contribution in [3.05, 3.63) is 97.9 Å². The van der Waals surface area contributed by atoms with E-state index in [-0.39, 0.29) is 22.8 Å². The molecule has 0 fully saturated rings. The lowest BCUT2D eigenvalue weighted by Crippen LogP contribution is -2.03. The Morgan fingerprint density at radius 1 is 0.931 bits per heavy atom. The Morgan fingerprint density at radius 3 is 2.10 bits per heavy atom. The monoisotopic (exact) mass is 386 g/mol. The quantitative estimate of drug-likeness (QED) is 0.281. The summed E-state index contributed by atoms with van der Waals surface area (Å²) in [4.78, 5) is 36.0. The maximum atomic E-state index is 12.7. The molecule has 2 aromatic carbocycles. The van der Waals surface area contributed by atoms with E-state index in [1.54, 1.807) is 36.4 Å². The molecule has 1 aliphatic carbocycles. The van der Waals surface area contributed by atoms with Gasteiger partial charge in [0.2, 0.25) is 0 Å². The summed E-state index contributed by atoms with van der Waals surface area (Å²) in [5.41, 5.74) is 5.17. The lowest BCUT2D eigenvalue weighted by Gasteiger charge is -2.12. The molecule has 3 aromatic rings. The molecular formula is C23H18N2O4. The molecule has 1 aliphatic rings. The van der Waals surface area contributed by atoms with Gasteiger partial charge in [0.15, 0.2) is 11.6 Å². The van der Waals surface area contributed by atoms with E-state index in [0.29, 0.717) is 11.1 Å². The maximum absolute atomic E-state index is 12.7. The number of aromatic nitrogens is 1. The molecule has 6 nitrogen and oxygen atoms in total. The normalized spacial score (nSPS) is 13.0. The minimum Gasteiger partial charge on any atom is -0.318 e. The summed E-state index contributed by atoms with van der Waals surface area (Å²) in [7, 11) is 0. The topological polar surface area (TPSA) is 82.2 Å². The third-order valence-electron chi connectivity index (χ3n) is 5.31. The Labute approximate surface area is 167 Å². The SMILES string of the molecule is Cc1cc([N+](=O)[O-])ccc1-n1c(C)cc(C=C2C(=O)c3ccccc3C2=O)c1C. The van der Waals surface area contributed by atoms with E-state index in [1.165, 1.54) is 12.1 Å². The highest BCUT2D eigenvalue weighted by Crippen LogP contribution is 2.31. The minimum atomic E-state index is -0.420. The molecular weight excluding hydrogens is 368 g/mol. The first kappa shape index (κ1) is 18.6. The number of allylic oxidation sites excluding steroid dienone is 1. The number of hydrogen-bond donors (Lipinski definition) is 0. The molecule has 6 heteroatoms. The van der Waals surface area contributed by atoms with Gasteiger partial charge in [-0.15, -0.1) is 0 Å². The molecule has 4 rings (SSSR count). The number of hydrogen-bond acceptors (Lipinski definition) is 4. The van der Waals surface area contributed by atoms with Gasteiger partial charge >= 0.3 is 0 Å². The van der Waals surface area contributed by atoms with Crippen LogP contribution in [-0.4, -0.2) is 21.1 Å². The van der Waals surface area contributed by atoms with Crippen LogP contribution in [0.1, 0.15) is 43.2 Å². The number of nitro benzene ring substituents is 1. The van der Waals surface area contributed by atoms with E-state index >= 15 is 0 Å². The molecule has 0 saturated carbocycles. The van der Waals surface area contributed by atoms with Gasteiger partial charge in [0.1, 0.15) is 0 Å². The highest BCUT2D eigenvalue weighted by atomic mass is 16.6. The number of ketones is 2. The van der Waals surface area contributed by atoms with Gasteiger partial charge in [0.05, 0.1) is 10.5 Å². The predicted molar refractivity (Wildman–Crippen MR) is 110 cm³/mol. The summed E-state index contributed by atoms with van der Waals surface area (Å²) >= 11 is 0. The number of nitro groups is 1. The van der Waals surface area contributed by atoms with Crippen molar-refractivity contribution in [1.29, 1.82) is 0 Å². The highest BCUT2D eigenvalue weighted by molar-refractivity contribution is 6.41. The number of nitrogens with zero attached hydrogens (tertiary/aromatic N) is 2. The first-order valence-electron chi connectivity index (χ1n) is 9.14. The molecule has 1 aromatic heterocycles. The van der Waals surface area contributed by atoms with Gasteiger partial charge in [-0.25, -0.2) is 0 Å². The number of benzene rings is 2. The van der Waals surface area contributed by atoms with Gasteiger partial charge in [-0.3, -0.25) is 19.7 Å². The zero-order chi connectivity index (χ0) is 20.9. The van der Waals surface area contributed by atoms with E-state index in [4.69, 9.17) is 0 Å². The van der Waals surface area contributed by atoms with Crippen molar-refractivity contribution in [3.8, 4) is 5.69 Å². The standard InChI is InChI=1S/C23H18N2O4/c1-13-10-17(25(28)29)8-9-21(13)24-14(2)11-16(15(24)3)12-20-22(26)18-6-4-5-7-19(18)23(20)27/h4-12H,1-3H3. The molecule has 0 unspecified atom stereocenters. The number of carbonyl (C=O) groups excluding carboxylic acids is 2. The second-order valence-corrected chi connectivity index (χ2v) is 7.15. The predicted octanol–water partition coefficient (Wildman–Crippen LogP) is 4.77. The van der Waals surface area contributed by atoms with E-state index in [9.17, 15) is 19.7 Å². The average molecular weight is 386 g/mol. The van der Waals surface area contributed by atoms with E-state index in [1.807, 2.05) is 31.4 Å². The van der Waals surface area contributed by atoms with Crippen molar-refractivity contribution >= 4 is 23.3 Å². The number of rotatable bonds is 3. The number of non-ortho nitro benzene ring substituents is 1. The van der Waals surface area contributed by atoms with Crippen LogP contribution in [0.5, 0.6) is 0 Å². The van der Waals surface area contributed by atoms with Crippen LogP contribution in [0.2, 0.25) is 0 Å². The van der Waals surface area contributed by atoms with Crippen molar-refractivity contribution in [2.75, 3.05) is 0 Å². The van der Waals surface area contributed by atoms with Gasteiger partial charge in [-0.1, -0.05) is 24.3 Å². The smallest absolute Gasteiger partial charge is 0.269 e. The molecule has 29 heavy (non-hydrogen) atoms. The Hall–Kier alpha value is -3.80. The molecule has 0 atom stereocenters. The molecule has 0 amide bonds. The third-order valence-corrected chi connectivity index (χ3v) is 5.31. The average Bonchev–Trinajstić information content (AvgIpc) is 3.10. The van der Waals surface area contributed by atoms with E-state index in [2.05, 4.69) is 0 Å².